The van der Waals surface area contributed by atoms with Gasteiger partial charge in [-0.1, -0.05) is 34.8 Å². The van der Waals surface area contributed by atoms with Crippen molar-refractivity contribution >= 4 is 58.4 Å². The minimum Gasteiger partial charge on any atom is -0.451 e. The van der Waals surface area contributed by atoms with Gasteiger partial charge >= 0.3 is 5.97 Å². The molecule has 0 radical (unpaired) electrons. The molecule has 2 aromatic rings. The Morgan fingerprint density at radius 1 is 1.19 bits per heavy atom. The smallest absolute Gasteiger partial charge is 0.349 e. The Bertz CT molecular complexity index is 1050. The van der Waals surface area contributed by atoms with Crippen LogP contribution in [-0.2, 0) is 25.6 Å². The van der Waals surface area contributed by atoms with Crippen molar-refractivity contribution in [2.24, 2.45) is 0 Å². The number of nitrogens with one attached hydrogen (secondary N) is 1. The number of carbonyl (C=O) groups excluding carboxylic acids is 2. The monoisotopic (exact) mass is 483 g/mol. The van der Waals surface area contributed by atoms with Crippen molar-refractivity contribution in [2.45, 2.75) is 20.4 Å². The van der Waals surface area contributed by atoms with Crippen LogP contribution in [-0.4, -0.2) is 36.8 Å². The Morgan fingerprint density at radius 2 is 1.84 bits per heavy atom. The summed E-state index contributed by atoms with van der Waals surface area (Å²) in [5, 5.41) is 12.4. The van der Waals surface area contributed by atoms with E-state index in [-0.39, 0.29) is 21.3 Å². The molecule has 1 N–H and O–H groups in total. The van der Waals surface area contributed by atoms with Crippen LogP contribution in [0.3, 0.4) is 0 Å². The molecule has 0 aliphatic carbocycles. The predicted octanol–water partition coefficient (Wildman–Crippen LogP) is 4.80. The fraction of sp³-hybridized carbons (Fsp3) is 0.286. The van der Waals surface area contributed by atoms with Gasteiger partial charge in [0.2, 0.25) is 0 Å². The molecule has 1 aromatic carbocycles. The molecule has 164 valence electrons. The summed E-state index contributed by atoms with van der Waals surface area (Å²) in [6.45, 7) is 4.34. The number of carbonyl (C=O) groups is 2. The van der Waals surface area contributed by atoms with Gasteiger partial charge in [-0.15, -0.1) is 0 Å². The molecule has 1 aromatic heterocycles. The SMILES string of the molecule is COCCn1c(C)cc(/C=C(\C#N)C(=O)OCC(=O)Nc2c(Cl)cc(Cl)cc2Cl)c1C. The highest BCUT2D eigenvalue weighted by molar-refractivity contribution is 6.42. The van der Waals surface area contributed by atoms with Crippen molar-refractivity contribution in [1.29, 1.82) is 5.26 Å². The quantitative estimate of drug-likeness (QED) is 0.330. The summed E-state index contributed by atoms with van der Waals surface area (Å²) >= 11 is 17.9. The Labute approximate surface area is 195 Å². The second-order valence-corrected chi connectivity index (χ2v) is 7.76. The maximum atomic E-state index is 12.3. The number of methoxy groups -OCH3 is 1. The summed E-state index contributed by atoms with van der Waals surface area (Å²) in [6, 6.07) is 6.49. The van der Waals surface area contributed by atoms with E-state index in [9.17, 15) is 14.9 Å². The van der Waals surface area contributed by atoms with Gasteiger partial charge in [0, 0.05) is 30.1 Å². The molecule has 2 rings (SSSR count). The molecule has 0 aliphatic rings. The van der Waals surface area contributed by atoms with Crippen molar-refractivity contribution in [3.63, 3.8) is 0 Å². The van der Waals surface area contributed by atoms with Gasteiger partial charge in [0.05, 0.1) is 22.3 Å². The second-order valence-electron chi connectivity index (χ2n) is 6.51. The van der Waals surface area contributed by atoms with Gasteiger partial charge < -0.3 is 19.4 Å². The molecule has 1 amide bonds. The highest BCUT2D eigenvalue weighted by Gasteiger charge is 2.17. The van der Waals surface area contributed by atoms with Gasteiger partial charge in [-0.25, -0.2) is 4.79 Å². The number of halogens is 3. The van der Waals surface area contributed by atoms with Gasteiger partial charge in [0.25, 0.3) is 5.91 Å². The lowest BCUT2D eigenvalue weighted by Gasteiger charge is -2.10. The summed E-state index contributed by atoms with van der Waals surface area (Å²) in [5.74, 6) is -1.60. The molecule has 0 aliphatic heterocycles. The number of aromatic nitrogens is 1. The molecule has 0 spiro atoms. The molecular formula is C21H20Cl3N3O4. The minimum atomic E-state index is -0.923. The first-order valence-electron chi connectivity index (χ1n) is 9.06. The van der Waals surface area contributed by atoms with Gasteiger partial charge in [0.15, 0.2) is 6.61 Å². The molecule has 7 nitrogen and oxygen atoms in total. The summed E-state index contributed by atoms with van der Waals surface area (Å²) in [7, 11) is 1.61. The number of benzene rings is 1. The lowest BCUT2D eigenvalue weighted by molar-refractivity contribution is -0.142. The fourth-order valence-corrected chi connectivity index (χ4v) is 3.75. The summed E-state index contributed by atoms with van der Waals surface area (Å²) < 4.78 is 12.1. The molecule has 10 heteroatoms. The Hall–Kier alpha value is -2.50. The maximum Gasteiger partial charge on any atom is 0.349 e. The second kappa shape index (κ2) is 11.2. The van der Waals surface area contributed by atoms with Crippen molar-refractivity contribution < 1.29 is 19.1 Å². The molecule has 0 saturated heterocycles. The molecule has 1 heterocycles. The Balaban J connectivity index is 2.07. The lowest BCUT2D eigenvalue weighted by Crippen LogP contribution is -2.21. The highest BCUT2D eigenvalue weighted by atomic mass is 35.5. The maximum absolute atomic E-state index is 12.3. The van der Waals surface area contributed by atoms with Crippen molar-refractivity contribution in [1.82, 2.24) is 4.57 Å². The van der Waals surface area contributed by atoms with E-state index in [0.717, 1.165) is 11.4 Å². The number of hydrogen-bond acceptors (Lipinski definition) is 5. The van der Waals surface area contributed by atoms with Crippen molar-refractivity contribution in [3.8, 4) is 6.07 Å². The Kier molecular flexibility index (Phi) is 8.96. The zero-order valence-electron chi connectivity index (χ0n) is 17.1. The summed E-state index contributed by atoms with van der Waals surface area (Å²) in [6.07, 6.45) is 1.43. The van der Waals surface area contributed by atoms with Crippen LogP contribution in [0.25, 0.3) is 6.08 Å². The molecule has 0 atom stereocenters. The van der Waals surface area contributed by atoms with E-state index in [4.69, 9.17) is 44.3 Å². The zero-order chi connectivity index (χ0) is 23.1. The standard InChI is InChI=1S/C21H20Cl3N3O4/c1-12-6-14(13(2)27(12)4-5-30-3)7-15(10-25)21(29)31-11-19(28)26-20-17(23)8-16(22)9-18(20)24/h6-9H,4-5,11H2,1-3H3,(H,26,28)/b15-7+. The first-order chi connectivity index (χ1) is 14.7. The van der Waals surface area contributed by atoms with Crippen LogP contribution in [0.1, 0.15) is 17.0 Å². The van der Waals surface area contributed by atoms with Crippen LogP contribution in [0, 0.1) is 25.2 Å². The molecule has 0 unspecified atom stereocenters. The van der Waals surface area contributed by atoms with E-state index in [0.29, 0.717) is 23.7 Å². The lowest BCUT2D eigenvalue weighted by atomic mass is 10.1. The topological polar surface area (TPSA) is 93.3 Å². The van der Waals surface area contributed by atoms with Crippen LogP contribution in [0.4, 0.5) is 5.69 Å². The van der Waals surface area contributed by atoms with Gasteiger partial charge in [0.1, 0.15) is 11.6 Å². The average Bonchev–Trinajstić information content (AvgIpc) is 2.97. The van der Waals surface area contributed by atoms with Gasteiger partial charge in [-0.05, 0) is 43.7 Å². The van der Waals surface area contributed by atoms with E-state index in [1.807, 2.05) is 30.6 Å². The normalized spacial score (nSPS) is 11.2. The summed E-state index contributed by atoms with van der Waals surface area (Å²) in [4.78, 5) is 24.4. The van der Waals surface area contributed by atoms with E-state index in [1.165, 1.54) is 18.2 Å². The zero-order valence-corrected chi connectivity index (χ0v) is 19.4. The first-order valence-corrected chi connectivity index (χ1v) is 10.2. The van der Waals surface area contributed by atoms with Gasteiger partial charge in [-0.2, -0.15) is 5.26 Å². The third-order valence-corrected chi connectivity index (χ3v) is 5.19. The number of nitriles is 1. The first kappa shape index (κ1) is 24.8. The molecule has 31 heavy (non-hydrogen) atoms. The third kappa shape index (κ3) is 6.49. The highest BCUT2D eigenvalue weighted by Crippen LogP contribution is 2.33. The number of ether oxygens (including phenoxy) is 2. The van der Waals surface area contributed by atoms with Gasteiger partial charge in [-0.3, -0.25) is 4.79 Å². The fourth-order valence-electron chi connectivity index (χ4n) is 2.84. The van der Waals surface area contributed by atoms with E-state index >= 15 is 0 Å². The van der Waals surface area contributed by atoms with Crippen molar-refractivity contribution in [2.75, 3.05) is 25.6 Å². The Morgan fingerprint density at radius 3 is 2.42 bits per heavy atom. The van der Waals surface area contributed by atoms with E-state index in [2.05, 4.69) is 5.32 Å². The number of aryl methyl sites for hydroxylation is 1. The van der Waals surface area contributed by atoms with E-state index in [1.54, 1.807) is 7.11 Å². The number of amides is 1. The van der Waals surface area contributed by atoms with Crippen LogP contribution in [0.2, 0.25) is 15.1 Å². The van der Waals surface area contributed by atoms with Crippen LogP contribution in [0.5, 0.6) is 0 Å². The van der Waals surface area contributed by atoms with Crippen LogP contribution >= 0.6 is 34.8 Å². The number of anilines is 1. The molecular weight excluding hydrogens is 465 g/mol. The van der Waals surface area contributed by atoms with E-state index < -0.39 is 18.5 Å². The molecule has 0 fully saturated rings. The minimum absolute atomic E-state index is 0.138. The number of nitrogens with zero attached hydrogens (tertiary/aromatic N) is 2. The summed E-state index contributed by atoms with van der Waals surface area (Å²) in [5.41, 5.74) is 2.45. The van der Waals surface area contributed by atoms with Crippen molar-refractivity contribution in [3.05, 3.63) is 55.8 Å². The molecule has 0 bridgehead atoms. The number of hydrogen-bond donors (Lipinski definition) is 1. The molecule has 0 saturated carbocycles. The third-order valence-electron chi connectivity index (χ3n) is 4.38. The van der Waals surface area contributed by atoms with Crippen LogP contribution < -0.4 is 5.32 Å². The predicted molar refractivity (Wildman–Crippen MR) is 120 cm³/mol. The number of rotatable bonds is 8. The van der Waals surface area contributed by atoms with Crippen LogP contribution in [0.15, 0.2) is 23.8 Å². The largest absolute Gasteiger partial charge is 0.451 e. The average molecular weight is 485 g/mol. The number of esters is 1.